The zero-order valence-corrected chi connectivity index (χ0v) is 20.3. The second-order valence-corrected chi connectivity index (χ2v) is 9.12. The van der Waals surface area contributed by atoms with Gasteiger partial charge in [-0.15, -0.1) is 0 Å². The van der Waals surface area contributed by atoms with Crippen LogP contribution in [0.5, 0.6) is 5.88 Å². The highest BCUT2D eigenvalue weighted by atomic mass is 19.1. The lowest BCUT2D eigenvalue weighted by molar-refractivity contribution is 0.0927. The Morgan fingerprint density at radius 1 is 1.24 bits per heavy atom. The number of carbonyl (C=O) groups excluding carboxylic acids is 1. The van der Waals surface area contributed by atoms with E-state index in [1.807, 2.05) is 20.2 Å². The Kier molecular flexibility index (Phi) is 5.43. The van der Waals surface area contributed by atoms with Gasteiger partial charge in [-0.3, -0.25) is 10.00 Å². The summed E-state index contributed by atoms with van der Waals surface area (Å²) in [5, 5.41) is 11.1. The monoisotopic (exact) mass is 504 g/mol. The van der Waals surface area contributed by atoms with E-state index in [4.69, 9.17) is 15.2 Å². The molecule has 5 heterocycles. The summed E-state index contributed by atoms with van der Waals surface area (Å²) in [7, 11) is 1.85. The van der Waals surface area contributed by atoms with Crippen molar-refractivity contribution >= 4 is 39.7 Å². The van der Waals surface area contributed by atoms with Gasteiger partial charge in [0.25, 0.3) is 0 Å². The van der Waals surface area contributed by atoms with Crippen LogP contribution in [0, 0.1) is 12.7 Å². The van der Waals surface area contributed by atoms with E-state index in [9.17, 15) is 4.79 Å². The number of aryl methyl sites for hydroxylation is 1. The molecule has 4 N–H and O–H groups in total. The molecule has 0 spiro atoms. The number of rotatable bonds is 4. The maximum absolute atomic E-state index is 15.4. The average molecular weight is 505 g/mol. The van der Waals surface area contributed by atoms with Crippen molar-refractivity contribution in [1.29, 1.82) is 0 Å². The van der Waals surface area contributed by atoms with Crippen LogP contribution in [0.15, 0.2) is 36.9 Å². The Morgan fingerprint density at radius 2 is 2.08 bits per heavy atom. The molecule has 3 aromatic heterocycles. The maximum Gasteiger partial charge on any atom is 0.413 e. The van der Waals surface area contributed by atoms with Gasteiger partial charge in [0.1, 0.15) is 24.2 Å². The van der Waals surface area contributed by atoms with Crippen LogP contribution in [0.1, 0.15) is 5.56 Å². The predicted molar refractivity (Wildman–Crippen MR) is 137 cm³/mol. The summed E-state index contributed by atoms with van der Waals surface area (Å²) >= 11 is 0. The van der Waals surface area contributed by atoms with Crippen molar-refractivity contribution in [3.8, 4) is 17.0 Å². The fourth-order valence-corrected chi connectivity index (χ4v) is 4.63. The number of ether oxygens (including phenoxy) is 2. The minimum atomic E-state index is -0.612. The van der Waals surface area contributed by atoms with Crippen LogP contribution in [-0.4, -0.2) is 58.2 Å². The van der Waals surface area contributed by atoms with Crippen LogP contribution in [-0.2, 0) is 11.8 Å². The topological polar surface area (TPSA) is 132 Å². The highest BCUT2D eigenvalue weighted by Gasteiger charge is 2.31. The number of nitrogens with zero attached hydrogens (tertiary/aromatic N) is 5. The van der Waals surface area contributed by atoms with E-state index >= 15 is 4.39 Å². The van der Waals surface area contributed by atoms with Gasteiger partial charge < -0.3 is 25.4 Å². The Morgan fingerprint density at radius 3 is 2.86 bits per heavy atom. The van der Waals surface area contributed by atoms with E-state index in [0.29, 0.717) is 54.0 Å². The standard InChI is InChI=1S/C25H25FN8O3/c1-13-18(8-30-24-23(13)28-3-4-36-24)17-5-14-6-20(29-9-19(14)22(27)21(17)26)32-25(35)37-16-11-34(12-16)15-7-31-33(2)10-15/h5-10,16,28H,3-4,11-12,27H2,1-2H3,(H,29,32,35). The van der Waals surface area contributed by atoms with Gasteiger partial charge in [-0.1, -0.05) is 0 Å². The number of nitrogens with two attached hydrogens (primary N) is 1. The number of carbonyl (C=O) groups is 1. The maximum atomic E-state index is 15.4. The molecule has 0 saturated carbocycles. The van der Waals surface area contributed by atoms with Crippen molar-refractivity contribution in [3.05, 3.63) is 48.3 Å². The van der Waals surface area contributed by atoms with Gasteiger partial charge >= 0.3 is 6.09 Å². The smallest absolute Gasteiger partial charge is 0.413 e. The first-order valence-electron chi connectivity index (χ1n) is 11.8. The van der Waals surface area contributed by atoms with Crippen molar-refractivity contribution in [2.75, 3.05) is 47.5 Å². The number of hydrogen-bond donors (Lipinski definition) is 3. The molecule has 37 heavy (non-hydrogen) atoms. The number of benzene rings is 1. The van der Waals surface area contributed by atoms with E-state index in [-0.39, 0.29) is 17.6 Å². The molecule has 1 saturated heterocycles. The molecular formula is C25H25FN8O3. The molecule has 11 nitrogen and oxygen atoms in total. The number of anilines is 4. The summed E-state index contributed by atoms with van der Waals surface area (Å²) in [5.74, 6) is 0.207. The molecule has 6 rings (SSSR count). The van der Waals surface area contributed by atoms with E-state index < -0.39 is 11.9 Å². The SMILES string of the molecule is Cc1c(-c2cc3cc(NC(=O)OC4CN(c5cnn(C)c5)C4)ncc3c(N)c2F)cnc2c1NCCO2. The van der Waals surface area contributed by atoms with Crippen LogP contribution in [0.2, 0.25) is 0 Å². The molecule has 2 aliphatic rings. The number of halogens is 1. The predicted octanol–water partition coefficient (Wildman–Crippen LogP) is 3.30. The highest BCUT2D eigenvalue weighted by Crippen LogP contribution is 2.39. The Bertz CT molecular complexity index is 1530. The number of nitrogen functional groups attached to an aromatic ring is 1. The van der Waals surface area contributed by atoms with E-state index in [0.717, 1.165) is 16.9 Å². The lowest BCUT2D eigenvalue weighted by atomic mass is 9.97. The first kappa shape index (κ1) is 22.8. The Labute approximate surface area is 211 Å². The number of pyridine rings is 2. The van der Waals surface area contributed by atoms with Crippen LogP contribution in [0.3, 0.4) is 0 Å². The molecule has 4 aromatic rings. The first-order valence-corrected chi connectivity index (χ1v) is 11.8. The van der Waals surface area contributed by atoms with Crippen LogP contribution in [0.4, 0.5) is 32.1 Å². The summed E-state index contributed by atoms with van der Waals surface area (Å²) in [4.78, 5) is 23.1. The van der Waals surface area contributed by atoms with Crippen LogP contribution in [0.25, 0.3) is 21.9 Å². The molecule has 12 heteroatoms. The molecule has 1 aromatic carbocycles. The van der Waals surface area contributed by atoms with E-state index in [1.54, 1.807) is 29.2 Å². The quantitative estimate of drug-likeness (QED) is 0.358. The highest BCUT2D eigenvalue weighted by molar-refractivity contribution is 5.99. The molecule has 0 atom stereocenters. The number of amides is 1. The fraction of sp³-hybridized carbons (Fsp3) is 0.280. The second kappa shape index (κ2) is 8.80. The number of aromatic nitrogens is 4. The van der Waals surface area contributed by atoms with Gasteiger partial charge in [0, 0.05) is 48.7 Å². The summed E-state index contributed by atoms with van der Waals surface area (Å²) in [6.07, 6.45) is 5.84. The molecule has 1 amide bonds. The lowest BCUT2D eigenvalue weighted by Crippen LogP contribution is -2.53. The van der Waals surface area contributed by atoms with Gasteiger partial charge in [-0.2, -0.15) is 5.10 Å². The van der Waals surface area contributed by atoms with Crippen molar-refractivity contribution in [3.63, 3.8) is 0 Å². The molecular weight excluding hydrogens is 479 g/mol. The second-order valence-electron chi connectivity index (χ2n) is 9.12. The summed E-state index contributed by atoms with van der Waals surface area (Å²) in [5.41, 5.74) is 9.54. The molecule has 0 bridgehead atoms. The van der Waals surface area contributed by atoms with Gasteiger partial charge in [-0.05, 0) is 30.0 Å². The largest absolute Gasteiger partial charge is 0.474 e. The lowest BCUT2D eigenvalue weighted by Gasteiger charge is -2.38. The third kappa shape index (κ3) is 4.09. The first-order chi connectivity index (χ1) is 17.9. The normalized spacial score (nSPS) is 14.9. The van der Waals surface area contributed by atoms with Gasteiger partial charge in [0.15, 0.2) is 5.82 Å². The summed E-state index contributed by atoms with van der Waals surface area (Å²) < 4.78 is 28.2. The van der Waals surface area contributed by atoms with Crippen LogP contribution >= 0.6 is 0 Å². The molecule has 2 aliphatic heterocycles. The molecule has 0 aliphatic carbocycles. The van der Waals surface area contributed by atoms with Crippen molar-refractivity contribution in [2.45, 2.75) is 13.0 Å². The minimum absolute atomic E-state index is 0.0274. The third-order valence-corrected chi connectivity index (χ3v) is 6.64. The van der Waals surface area contributed by atoms with E-state index in [2.05, 4.69) is 30.6 Å². The van der Waals surface area contributed by atoms with Gasteiger partial charge in [0.05, 0.1) is 30.7 Å². The number of nitrogens with one attached hydrogen (secondary N) is 2. The molecule has 190 valence electrons. The summed E-state index contributed by atoms with van der Waals surface area (Å²) in [6, 6.07) is 3.32. The number of hydrogen-bond acceptors (Lipinski definition) is 9. The zero-order chi connectivity index (χ0) is 25.7. The molecule has 0 unspecified atom stereocenters. The third-order valence-electron chi connectivity index (χ3n) is 6.64. The molecule has 1 fully saturated rings. The summed E-state index contributed by atoms with van der Waals surface area (Å²) in [6.45, 7) is 4.20. The van der Waals surface area contributed by atoms with Crippen LogP contribution < -0.4 is 26.0 Å². The van der Waals surface area contributed by atoms with Crippen molar-refractivity contribution in [2.24, 2.45) is 7.05 Å². The minimum Gasteiger partial charge on any atom is -0.474 e. The van der Waals surface area contributed by atoms with E-state index in [1.165, 1.54) is 6.20 Å². The zero-order valence-electron chi connectivity index (χ0n) is 20.3. The van der Waals surface area contributed by atoms with Crippen molar-refractivity contribution < 1.29 is 18.7 Å². The Hall–Kier alpha value is -4.61. The Balaban J connectivity index is 1.21. The number of fused-ring (bicyclic) bond motifs is 2. The van der Waals surface area contributed by atoms with Crippen molar-refractivity contribution in [1.82, 2.24) is 19.7 Å². The fourth-order valence-electron chi connectivity index (χ4n) is 4.63. The van der Waals surface area contributed by atoms with Gasteiger partial charge in [0.2, 0.25) is 5.88 Å². The average Bonchev–Trinajstić information content (AvgIpc) is 3.29. The van der Waals surface area contributed by atoms with Gasteiger partial charge in [-0.25, -0.2) is 19.2 Å². The molecule has 0 radical (unpaired) electrons.